The molecule has 2 amide bonds. The maximum Gasteiger partial charge on any atom is 0.252 e. The van der Waals surface area contributed by atoms with E-state index in [0.717, 1.165) is 0 Å². The summed E-state index contributed by atoms with van der Waals surface area (Å²) < 4.78 is 0. The van der Waals surface area contributed by atoms with Gasteiger partial charge in [0.2, 0.25) is 5.91 Å². The highest BCUT2D eigenvalue weighted by molar-refractivity contribution is 5.98. The number of rotatable bonds is 6. The van der Waals surface area contributed by atoms with E-state index in [1.54, 1.807) is 4.90 Å². The summed E-state index contributed by atoms with van der Waals surface area (Å²) in [7, 11) is 0. The van der Waals surface area contributed by atoms with Crippen LogP contribution >= 0.6 is 0 Å². The number of primary amides is 1. The Morgan fingerprint density at radius 3 is 2.53 bits per heavy atom. The van der Waals surface area contributed by atoms with E-state index in [1.807, 2.05) is 13.8 Å². The van der Waals surface area contributed by atoms with Crippen molar-refractivity contribution in [1.82, 2.24) is 9.88 Å². The molecule has 1 aromatic heterocycles. The van der Waals surface area contributed by atoms with Crippen LogP contribution in [0, 0.1) is 0 Å². The maximum atomic E-state index is 11.8. The second-order valence-electron chi connectivity index (χ2n) is 3.95. The zero-order valence-corrected chi connectivity index (χ0v) is 11.1. The molecule has 1 rings (SSSR count). The van der Waals surface area contributed by atoms with E-state index in [0.29, 0.717) is 18.8 Å². The zero-order chi connectivity index (χ0) is 14.4. The van der Waals surface area contributed by atoms with E-state index < -0.39 is 5.91 Å². The first kappa shape index (κ1) is 14.7. The summed E-state index contributed by atoms with van der Waals surface area (Å²) in [5, 5.41) is 2.81. The van der Waals surface area contributed by atoms with Crippen molar-refractivity contribution >= 4 is 23.3 Å². The summed E-state index contributed by atoms with van der Waals surface area (Å²) in [6.45, 7) is 5.12. The minimum Gasteiger partial charge on any atom is -0.397 e. The average Bonchev–Trinajstić information content (AvgIpc) is 2.38. The van der Waals surface area contributed by atoms with Gasteiger partial charge in [-0.15, -0.1) is 0 Å². The van der Waals surface area contributed by atoms with Gasteiger partial charge in [0.05, 0.1) is 24.0 Å². The summed E-state index contributed by atoms with van der Waals surface area (Å²) in [4.78, 5) is 28.7. The molecule has 0 aliphatic rings. The molecule has 7 heteroatoms. The molecule has 1 heterocycles. The third-order valence-corrected chi connectivity index (χ3v) is 2.70. The predicted molar refractivity (Wildman–Crippen MR) is 73.6 cm³/mol. The number of anilines is 2. The molecule has 0 unspecified atom stereocenters. The highest BCUT2D eigenvalue weighted by atomic mass is 16.2. The number of nitrogen functional groups attached to an aromatic ring is 1. The summed E-state index contributed by atoms with van der Waals surface area (Å²) in [6, 6.07) is 1.43. The number of carbonyl (C=O) groups excluding carboxylic acids is 2. The van der Waals surface area contributed by atoms with Crippen molar-refractivity contribution in [1.29, 1.82) is 0 Å². The van der Waals surface area contributed by atoms with Crippen LogP contribution in [0.15, 0.2) is 12.3 Å². The Hall–Kier alpha value is -2.31. The van der Waals surface area contributed by atoms with Gasteiger partial charge in [-0.1, -0.05) is 0 Å². The molecular weight excluding hydrogens is 246 g/mol. The Kier molecular flexibility index (Phi) is 5.11. The SMILES string of the molecule is CCN(CC)C(=O)CNc1ncc(N)cc1C(N)=O. The molecule has 19 heavy (non-hydrogen) atoms. The molecule has 5 N–H and O–H groups in total. The van der Waals surface area contributed by atoms with Gasteiger partial charge < -0.3 is 21.7 Å². The Labute approximate surface area is 112 Å². The number of hydrogen-bond donors (Lipinski definition) is 3. The van der Waals surface area contributed by atoms with Crippen LogP contribution in [0.2, 0.25) is 0 Å². The predicted octanol–water partition coefficient (Wildman–Crippen LogP) is 0.0430. The van der Waals surface area contributed by atoms with Gasteiger partial charge in [0.25, 0.3) is 5.91 Å². The van der Waals surface area contributed by atoms with Crippen molar-refractivity contribution in [2.24, 2.45) is 5.73 Å². The Morgan fingerprint density at radius 2 is 2.00 bits per heavy atom. The molecule has 0 radical (unpaired) electrons. The lowest BCUT2D eigenvalue weighted by Gasteiger charge is -2.19. The van der Waals surface area contributed by atoms with Crippen molar-refractivity contribution in [2.75, 3.05) is 30.7 Å². The van der Waals surface area contributed by atoms with Crippen LogP contribution in [0.25, 0.3) is 0 Å². The van der Waals surface area contributed by atoms with Crippen LogP contribution in [0.4, 0.5) is 11.5 Å². The molecule has 0 atom stereocenters. The number of nitrogens with zero attached hydrogens (tertiary/aromatic N) is 2. The molecule has 7 nitrogen and oxygen atoms in total. The number of pyridine rings is 1. The smallest absolute Gasteiger partial charge is 0.252 e. The number of carbonyl (C=O) groups is 2. The second kappa shape index (κ2) is 6.58. The van der Waals surface area contributed by atoms with Gasteiger partial charge in [-0.3, -0.25) is 9.59 Å². The van der Waals surface area contributed by atoms with Crippen molar-refractivity contribution < 1.29 is 9.59 Å². The van der Waals surface area contributed by atoms with E-state index in [4.69, 9.17) is 11.5 Å². The molecule has 0 fully saturated rings. The first-order chi connectivity index (χ1) is 8.99. The quantitative estimate of drug-likeness (QED) is 0.672. The Bertz CT molecular complexity index is 471. The number of likely N-dealkylation sites (N-methyl/N-ethyl adjacent to an activating group) is 1. The van der Waals surface area contributed by atoms with Crippen LogP contribution in [0.3, 0.4) is 0 Å². The van der Waals surface area contributed by atoms with Crippen LogP contribution in [0.1, 0.15) is 24.2 Å². The van der Waals surface area contributed by atoms with Crippen LogP contribution in [-0.2, 0) is 4.79 Å². The van der Waals surface area contributed by atoms with Crippen LogP contribution in [-0.4, -0.2) is 41.3 Å². The summed E-state index contributed by atoms with van der Waals surface area (Å²) in [5.41, 5.74) is 11.3. The Balaban J connectivity index is 2.78. The lowest BCUT2D eigenvalue weighted by Crippen LogP contribution is -2.35. The van der Waals surface area contributed by atoms with E-state index in [-0.39, 0.29) is 23.8 Å². The molecule has 0 spiro atoms. The van der Waals surface area contributed by atoms with Gasteiger partial charge in [0.15, 0.2) is 0 Å². The van der Waals surface area contributed by atoms with Gasteiger partial charge in [-0.05, 0) is 19.9 Å². The van der Waals surface area contributed by atoms with Gasteiger partial charge >= 0.3 is 0 Å². The number of nitrogens with one attached hydrogen (secondary N) is 1. The van der Waals surface area contributed by atoms with Gasteiger partial charge in [0.1, 0.15) is 5.82 Å². The molecular formula is C12H19N5O2. The first-order valence-corrected chi connectivity index (χ1v) is 6.06. The summed E-state index contributed by atoms with van der Waals surface area (Å²) in [5.74, 6) is -0.446. The minimum atomic E-state index is -0.641. The molecule has 104 valence electrons. The first-order valence-electron chi connectivity index (χ1n) is 6.06. The number of amides is 2. The third kappa shape index (κ3) is 3.84. The number of hydrogen-bond acceptors (Lipinski definition) is 5. The maximum absolute atomic E-state index is 11.8. The lowest BCUT2D eigenvalue weighted by molar-refractivity contribution is -0.128. The van der Waals surface area contributed by atoms with E-state index in [2.05, 4.69) is 10.3 Å². The second-order valence-corrected chi connectivity index (χ2v) is 3.95. The van der Waals surface area contributed by atoms with Crippen LogP contribution < -0.4 is 16.8 Å². The summed E-state index contributed by atoms with van der Waals surface area (Å²) >= 11 is 0. The monoisotopic (exact) mass is 265 g/mol. The number of aromatic nitrogens is 1. The minimum absolute atomic E-state index is 0.0544. The molecule has 0 aliphatic carbocycles. The fourth-order valence-corrected chi connectivity index (χ4v) is 1.66. The molecule has 0 aliphatic heterocycles. The van der Waals surface area contributed by atoms with E-state index >= 15 is 0 Å². The fraction of sp³-hybridized carbons (Fsp3) is 0.417. The topological polar surface area (TPSA) is 114 Å². The highest BCUT2D eigenvalue weighted by Crippen LogP contribution is 2.14. The van der Waals surface area contributed by atoms with Gasteiger partial charge in [-0.25, -0.2) is 4.98 Å². The van der Waals surface area contributed by atoms with Gasteiger partial charge in [-0.2, -0.15) is 0 Å². The van der Waals surface area contributed by atoms with Crippen LogP contribution in [0.5, 0.6) is 0 Å². The zero-order valence-electron chi connectivity index (χ0n) is 11.1. The Morgan fingerprint density at radius 1 is 1.37 bits per heavy atom. The van der Waals surface area contributed by atoms with Crippen molar-refractivity contribution in [2.45, 2.75) is 13.8 Å². The lowest BCUT2D eigenvalue weighted by atomic mass is 10.2. The highest BCUT2D eigenvalue weighted by Gasteiger charge is 2.13. The molecule has 0 saturated heterocycles. The fourth-order valence-electron chi connectivity index (χ4n) is 1.66. The van der Waals surface area contributed by atoms with Crippen molar-refractivity contribution in [3.63, 3.8) is 0 Å². The molecule has 0 aromatic carbocycles. The van der Waals surface area contributed by atoms with Crippen molar-refractivity contribution in [3.8, 4) is 0 Å². The molecule has 1 aromatic rings. The summed E-state index contributed by atoms with van der Waals surface area (Å²) in [6.07, 6.45) is 1.40. The van der Waals surface area contributed by atoms with E-state index in [9.17, 15) is 9.59 Å². The molecule has 0 bridgehead atoms. The normalized spacial score (nSPS) is 10.0. The third-order valence-electron chi connectivity index (χ3n) is 2.70. The average molecular weight is 265 g/mol. The van der Waals surface area contributed by atoms with Crippen molar-refractivity contribution in [3.05, 3.63) is 17.8 Å². The van der Waals surface area contributed by atoms with Gasteiger partial charge in [0, 0.05) is 13.1 Å². The van der Waals surface area contributed by atoms with E-state index in [1.165, 1.54) is 12.3 Å². The number of nitrogens with two attached hydrogens (primary N) is 2. The standard InChI is InChI=1S/C12H19N5O2/c1-3-17(4-2)10(18)7-16-12-9(11(14)19)5-8(13)6-15-12/h5-6H,3-4,7,13H2,1-2H3,(H2,14,19)(H,15,16). The molecule has 0 saturated carbocycles. The largest absolute Gasteiger partial charge is 0.397 e.